The number of aromatic nitrogens is 1. The predicted octanol–water partition coefficient (Wildman–Crippen LogP) is 5.61. The van der Waals surface area contributed by atoms with Crippen LogP contribution in [0.1, 0.15) is 45.9 Å². The highest BCUT2D eigenvalue weighted by Gasteiger charge is 2.45. The molecule has 1 atom stereocenters. The minimum atomic E-state index is -2.73. The number of nitrogens with zero attached hydrogens (tertiary/aromatic N) is 2. The number of aromatic amines is 1. The quantitative estimate of drug-likeness (QED) is 0.261. The average molecular weight is 563 g/mol. The number of esters is 1. The molecular formula is C29H34F4N4O3. The van der Waals surface area contributed by atoms with Crippen molar-refractivity contribution in [3.63, 3.8) is 0 Å². The second-order valence-corrected chi connectivity index (χ2v) is 10.7. The Labute approximate surface area is 230 Å². The molecule has 1 aromatic heterocycles. The van der Waals surface area contributed by atoms with E-state index in [4.69, 9.17) is 9.47 Å². The van der Waals surface area contributed by atoms with Crippen LogP contribution in [0, 0.1) is 6.92 Å². The first-order valence-corrected chi connectivity index (χ1v) is 13.3. The number of rotatable bonds is 9. The molecule has 7 nitrogen and oxygen atoms in total. The van der Waals surface area contributed by atoms with E-state index >= 15 is 0 Å². The summed E-state index contributed by atoms with van der Waals surface area (Å²) in [7, 11) is 2.89. The molecule has 0 radical (unpaired) electrons. The fourth-order valence-corrected chi connectivity index (χ4v) is 5.89. The van der Waals surface area contributed by atoms with Gasteiger partial charge in [0, 0.05) is 79.5 Å². The summed E-state index contributed by atoms with van der Waals surface area (Å²) in [6, 6.07) is 8.37. The molecule has 2 N–H and O–H groups in total. The van der Waals surface area contributed by atoms with E-state index in [0.29, 0.717) is 31.9 Å². The number of aryl methyl sites for hydroxylation is 1. The van der Waals surface area contributed by atoms with Gasteiger partial charge in [0.25, 0.3) is 12.3 Å². The molecule has 2 heterocycles. The van der Waals surface area contributed by atoms with Gasteiger partial charge in [-0.3, -0.25) is 9.80 Å². The third-order valence-electron chi connectivity index (χ3n) is 7.95. The lowest BCUT2D eigenvalue weighted by molar-refractivity contribution is -0.0793. The van der Waals surface area contributed by atoms with Crippen molar-refractivity contribution in [2.75, 3.05) is 45.7 Å². The van der Waals surface area contributed by atoms with Gasteiger partial charge in [-0.15, -0.1) is 0 Å². The van der Waals surface area contributed by atoms with E-state index in [1.165, 1.54) is 7.11 Å². The molecule has 0 bridgehead atoms. The normalized spacial score (nSPS) is 20.1. The lowest BCUT2D eigenvalue weighted by Gasteiger charge is -2.42. The summed E-state index contributed by atoms with van der Waals surface area (Å²) in [6.07, 6.45) is -1.24. The minimum absolute atomic E-state index is 0.238. The average Bonchev–Trinajstić information content (AvgIpc) is 3.40. The fraction of sp³-hybridized carbons (Fsp3) is 0.483. The van der Waals surface area contributed by atoms with Crippen LogP contribution in [0.5, 0.6) is 5.75 Å². The maximum Gasteiger partial charge on any atom is 0.339 e. The molecule has 40 heavy (non-hydrogen) atoms. The van der Waals surface area contributed by atoms with Gasteiger partial charge in [-0.05, 0) is 42.3 Å². The van der Waals surface area contributed by atoms with Crippen molar-refractivity contribution in [1.82, 2.24) is 14.8 Å². The van der Waals surface area contributed by atoms with Crippen LogP contribution >= 0.6 is 0 Å². The molecule has 1 saturated carbocycles. The highest BCUT2D eigenvalue weighted by atomic mass is 19.3. The standard InChI is InChI=1S/C29H34F4N4O3/c1-17-10-25(39-2)22(20-6-7-34-27(17)20)14-37-9-8-36(16-26(30)31)15-24(37)18-4-5-21(28(38)40-3)23(11-18)35-19-12-29(32,33)13-19/h4-7,10-11,19,24,26,34-35H,8-9,12-16H2,1-3H3/t24-/m1/s1. The molecule has 2 aliphatic rings. The molecule has 0 amide bonds. The summed E-state index contributed by atoms with van der Waals surface area (Å²) in [4.78, 5) is 19.7. The smallest absolute Gasteiger partial charge is 0.339 e. The third-order valence-corrected chi connectivity index (χ3v) is 7.95. The van der Waals surface area contributed by atoms with Gasteiger partial charge in [0.15, 0.2) is 0 Å². The summed E-state index contributed by atoms with van der Waals surface area (Å²) in [5, 5.41) is 4.12. The van der Waals surface area contributed by atoms with Gasteiger partial charge in [-0.2, -0.15) is 0 Å². The summed E-state index contributed by atoms with van der Waals surface area (Å²) in [6.45, 7) is 3.49. The van der Waals surface area contributed by atoms with Crippen LogP contribution in [0.2, 0.25) is 0 Å². The molecule has 3 aromatic rings. The number of alkyl halides is 4. The van der Waals surface area contributed by atoms with Crippen LogP contribution < -0.4 is 10.1 Å². The number of hydrogen-bond acceptors (Lipinski definition) is 6. The Balaban J connectivity index is 1.51. The lowest BCUT2D eigenvalue weighted by atomic mass is 9.87. The van der Waals surface area contributed by atoms with Crippen molar-refractivity contribution < 1.29 is 31.8 Å². The largest absolute Gasteiger partial charge is 0.496 e. The summed E-state index contributed by atoms with van der Waals surface area (Å²) < 4.78 is 64.5. The van der Waals surface area contributed by atoms with Crippen molar-refractivity contribution in [2.24, 2.45) is 0 Å². The molecule has 0 unspecified atom stereocenters. The van der Waals surface area contributed by atoms with Crippen molar-refractivity contribution in [3.05, 3.63) is 58.8 Å². The Morgan fingerprint density at radius 3 is 2.62 bits per heavy atom. The van der Waals surface area contributed by atoms with E-state index in [1.54, 1.807) is 30.2 Å². The van der Waals surface area contributed by atoms with Crippen LogP contribution in [0.4, 0.5) is 23.2 Å². The van der Waals surface area contributed by atoms with E-state index in [9.17, 15) is 22.4 Å². The van der Waals surface area contributed by atoms with Crippen LogP contribution in [0.25, 0.3) is 10.9 Å². The number of methoxy groups -OCH3 is 2. The van der Waals surface area contributed by atoms with Crippen molar-refractivity contribution in [1.29, 1.82) is 0 Å². The molecule has 2 fully saturated rings. The second-order valence-electron chi connectivity index (χ2n) is 10.7. The van der Waals surface area contributed by atoms with Gasteiger partial charge in [0.05, 0.1) is 26.3 Å². The molecule has 11 heteroatoms. The Morgan fingerprint density at radius 1 is 1.18 bits per heavy atom. The van der Waals surface area contributed by atoms with Gasteiger partial charge >= 0.3 is 5.97 Å². The van der Waals surface area contributed by atoms with Gasteiger partial charge in [-0.25, -0.2) is 22.4 Å². The molecule has 1 aliphatic heterocycles. The number of ether oxygens (including phenoxy) is 2. The van der Waals surface area contributed by atoms with E-state index in [2.05, 4.69) is 15.2 Å². The Morgan fingerprint density at radius 2 is 1.95 bits per heavy atom. The second kappa shape index (κ2) is 11.3. The SMILES string of the molecule is COC(=O)c1ccc([C@H]2CN(CC(F)F)CCN2Cc2c(OC)cc(C)c3[nH]ccc23)cc1NC1CC(F)(F)C1. The van der Waals surface area contributed by atoms with Gasteiger partial charge < -0.3 is 19.8 Å². The highest BCUT2D eigenvalue weighted by molar-refractivity contribution is 5.96. The van der Waals surface area contributed by atoms with Crippen LogP contribution in [0.3, 0.4) is 0 Å². The highest BCUT2D eigenvalue weighted by Crippen LogP contribution is 2.41. The van der Waals surface area contributed by atoms with Crippen LogP contribution in [-0.2, 0) is 11.3 Å². The van der Waals surface area contributed by atoms with Gasteiger partial charge in [-0.1, -0.05) is 6.07 Å². The fourth-order valence-electron chi connectivity index (χ4n) is 5.89. The number of benzene rings is 2. The number of anilines is 1. The number of piperazine rings is 1. The Hall–Kier alpha value is -3.31. The predicted molar refractivity (Wildman–Crippen MR) is 145 cm³/mol. The van der Waals surface area contributed by atoms with E-state index < -0.39 is 24.4 Å². The van der Waals surface area contributed by atoms with Crippen molar-refractivity contribution in [2.45, 2.75) is 50.7 Å². The molecule has 216 valence electrons. The van der Waals surface area contributed by atoms with E-state index in [1.807, 2.05) is 25.3 Å². The summed E-state index contributed by atoms with van der Waals surface area (Å²) in [5.41, 5.74) is 4.47. The number of nitrogens with one attached hydrogen (secondary N) is 2. The van der Waals surface area contributed by atoms with Crippen LogP contribution in [-0.4, -0.2) is 79.5 Å². The van der Waals surface area contributed by atoms with Crippen molar-refractivity contribution in [3.8, 4) is 5.75 Å². The van der Waals surface area contributed by atoms with Gasteiger partial charge in [0.1, 0.15) is 5.75 Å². The molecule has 0 spiro atoms. The van der Waals surface area contributed by atoms with Crippen molar-refractivity contribution >= 4 is 22.6 Å². The van der Waals surface area contributed by atoms with Crippen LogP contribution in [0.15, 0.2) is 36.5 Å². The molecule has 1 aliphatic carbocycles. The first kappa shape index (κ1) is 28.2. The number of halogens is 4. The minimum Gasteiger partial charge on any atom is -0.496 e. The summed E-state index contributed by atoms with van der Waals surface area (Å²) in [5.74, 6) is -2.57. The Kier molecular flexibility index (Phi) is 7.96. The van der Waals surface area contributed by atoms with E-state index in [0.717, 1.165) is 33.3 Å². The molecule has 2 aromatic carbocycles. The monoisotopic (exact) mass is 562 g/mol. The number of H-pyrrole nitrogens is 1. The topological polar surface area (TPSA) is 69.8 Å². The molecule has 1 saturated heterocycles. The zero-order valence-corrected chi connectivity index (χ0v) is 22.8. The number of carbonyl (C=O) groups excluding carboxylic acids is 1. The zero-order valence-electron chi connectivity index (χ0n) is 22.8. The maximum atomic E-state index is 13.5. The third kappa shape index (κ3) is 5.76. The zero-order chi connectivity index (χ0) is 28.6. The van der Waals surface area contributed by atoms with Gasteiger partial charge in [0.2, 0.25) is 0 Å². The summed E-state index contributed by atoms with van der Waals surface area (Å²) >= 11 is 0. The Bertz CT molecular complexity index is 1370. The molecule has 5 rings (SSSR count). The molecular weight excluding hydrogens is 528 g/mol. The number of carbonyl (C=O) groups is 1. The first-order valence-electron chi connectivity index (χ1n) is 13.3. The first-order chi connectivity index (χ1) is 19.1. The maximum absolute atomic E-state index is 13.5. The van der Waals surface area contributed by atoms with E-state index in [-0.39, 0.29) is 31.0 Å². The lowest BCUT2D eigenvalue weighted by Crippen LogP contribution is -2.49. The number of hydrogen-bond donors (Lipinski definition) is 2. The number of fused-ring (bicyclic) bond motifs is 1.